The van der Waals surface area contributed by atoms with E-state index in [2.05, 4.69) is 4.98 Å². The van der Waals surface area contributed by atoms with Crippen molar-refractivity contribution in [2.45, 2.75) is 50.0 Å². The fourth-order valence-corrected chi connectivity index (χ4v) is 4.73. The first kappa shape index (κ1) is 20.5. The van der Waals surface area contributed by atoms with Gasteiger partial charge in [0.25, 0.3) is 0 Å². The molecule has 7 heteroatoms. The predicted molar refractivity (Wildman–Crippen MR) is 106 cm³/mol. The molecule has 0 bridgehead atoms. The first-order valence-corrected chi connectivity index (χ1v) is 11.1. The van der Waals surface area contributed by atoms with Gasteiger partial charge < -0.3 is 4.74 Å². The number of pyridine rings is 1. The Morgan fingerprint density at radius 3 is 2.36 bits per heavy atom. The number of ether oxygens (including phenoxy) is 1. The van der Waals surface area contributed by atoms with Gasteiger partial charge in [0.2, 0.25) is 10.0 Å². The lowest BCUT2D eigenvalue weighted by Crippen LogP contribution is -2.31. The molecule has 0 saturated carbocycles. The fourth-order valence-electron chi connectivity index (χ4n) is 3.22. The summed E-state index contributed by atoms with van der Waals surface area (Å²) in [7, 11) is -3.44. The Kier molecular flexibility index (Phi) is 7.17. The maximum atomic E-state index is 12.8. The smallest absolute Gasteiger partial charge is 0.306 e. The number of carbonyl (C=O) groups is 1. The maximum absolute atomic E-state index is 12.8. The molecule has 150 valence electrons. The van der Waals surface area contributed by atoms with Crippen molar-refractivity contribution in [2.75, 3.05) is 13.1 Å². The monoisotopic (exact) mass is 402 g/mol. The van der Waals surface area contributed by atoms with E-state index in [1.807, 2.05) is 12.1 Å². The zero-order valence-corrected chi connectivity index (χ0v) is 16.7. The van der Waals surface area contributed by atoms with Crippen LogP contribution in [0.1, 0.15) is 43.4 Å². The minimum absolute atomic E-state index is 0.159. The number of esters is 1. The van der Waals surface area contributed by atoms with Crippen LogP contribution in [0.15, 0.2) is 53.6 Å². The van der Waals surface area contributed by atoms with Crippen molar-refractivity contribution in [2.24, 2.45) is 0 Å². The van der Waals surface area contributed by atoms with E-state index in [9.17, 15) is 13.2 Å². The summed E-state index contributed by atoms with van der Waals surface area (Å²) in [6.45, 7) is 1.34. The van der Waals surface area contributed by atoms with E-state index in [4.69, 9.17) is 4.74 Å². The van der Waals surface area contributed by atoms with Crippen molar-refractivity contribution >= 4 is 16.0 Å². The van der Waals surface area contributed by atoms with Crippen molar-refractivity contribution in [3.8, 4) is 0 Å². The fraction of sp³-hybridized carbons (Fsp3) is 0.429. The Bertz CT molecular complexity index is 859. The Hall–Kier alpha value is -2.25. The lowest BCUT2D eigenvalue weighted by atomic mass is 10.1. The molecule has 6 nitrogen and oxygen atoms in total. The van der Waals surface area contributed by atoms with Crippen LogP contribution in [-0.4, -0.2) is 36.8 Å². The highest BCUT2D eigenvalue weighted by molar-refractivity contribution is 7.89. The summed E-state index contributed by atoms with van der Waals surface area (Å²) in [5.41, 5.74) is 1.61. The highest BCUT2D eigenvalue weighted by atomic mass is 32.2. The van der Waals surface area contributed by atoms with Gasteiger partial charge >= 0.3 is 5.97 Å². The Balaban J connectivity index is 1.51. The topological polar surface area (TPSA) is 76.6 Å². The molecule has 1 aliphatic rings. The number of hydrogen-bond donors (Lipinski definition) is 0. The van der Waals surface area contributed by atoms with E-state index in [1.54, 1.807) is 40.8 Å². The second kappa shape index (κ2) is 9.80. The Morgan fingerprint density at radius 2 is 1.71 bits per heavy atom. The summed E-state index contributed by atoms with van der Waals surface area (Å²) < 4.78 is 32.4. The van der Waals surface area contributed by atoms with Gasteiger partial charge in [-0.3, -0.25) is 9.78 Å². The summed E-state index contributed by atoms with van der Waals surface area (Å²) in [5, 5.41) is 0. The summed E-state index contributed by atoms with van der Waals surface area (Å²) in [6, 6.07) is 12.3. The molecule has 0 radical (unpaired) electrons. The van der Waals surface area contributed by atoms with Crippen LogP contribution < -0.4 is 0 Å². The van der Waals surface area contributed by atoms with Gasteiger partial charge in [-0.1, -0.05) is 31.0 Å². The van der Waals surface area contributed by atoms with E-state index in [0.717, 1.165) is 31.2 Å². The molecule has 28 heavy (non-hydrogen) atoms. The van der Waals surface area contributed by atoms with Crippen molar-refractivity contribution < 1.29 is 17.9 Å². The number of hydrogen-bond acceptors (Lipinski definition) is 5. The average molecular weight is 403 g/mol. The molecule has 1 fully saturated rings. The molecule has 1 aromatic carbocycles. The van der Waals surface area contributed by atoms with Crippen LogP contribution in [0.2, 0.25) is 0 Å². The third kappa shape index (κ3) is 5.62. The molecule has 3 rings (SSSR count). The molecule has 1 saturated heterocycles. The van der Waals surface area contributed by atoms with E-state index in [-0.39, 0.29) is 19.0 Å². The van der Waals surface area contributed by atoms with Crippen LogP contribution in [0, 0.1) is 0 Å². The van der Waals surface area contributed by atoms with Gasteiger partial charge in [-0.15, -0.1) is 0 Å². The summed E-state index contributed by atoms with van der Waals surface area (Å²) in [4.78, 5) is 16.3. The third-order valence-corrected chi connectivity index (χ3v) is 6.76. The molecule has 0 spiro atoms. The molecule has 0 unspecified atom stereocenters. The quantitative estimate of drug-likeness (QED) is 0.664. The second-order valence-electron chi connectivity index (χ2n) is 6.94. The van der Waals surface area contributed by atoms with Gasteiger partial charge in [0, 0.05) is 25.7 Å². The Labute approximate surface area is 166 Å². The van der Waals surface area contributed by atoms with Crippen molar-refractivity contribution in [3.63, 3.8) is 0 Å². The minimum Gasteiger partial charge on any atom is -0.459 e. The molecular weight excluding hydrogens is 376 g/mol. The average Bonchev–Trinajstić information content (AvgIpc) is 3.02. The molecule has 2 heterocycles. The first-order chi connectivity index (χ1) is 13.6. The summed E-state index contributed by atoms with van der Waals surface area (Å²) in [5.74, 6) is -0.299. The number of nitrogens with zero attached hydrogens (tertiary/aromatic N) is 2. The van der Waals surface area contributed by atoms with E-state index in [1.165, 1.54) is 0 Å². The summed E-state index contributed by atoms with van der Waals surface area (Å²) >= 11 is 0. The third-order valence-electron chi connectivity index (χ3n) is 4.85. The zero-order chi connectivity index (χ0) is 19.8. The number of sulfonamides is 1. The molecule has 0 N–H and O–H groups in total. The molecule has 2 aromatic rings. The van der Waals surface area contributed by atoms with Crippen molar-refractivity contribution in [1.29, 1.82) is 0 Å². The number of aromatic nitrogens is 1. The Morgan fingerprint density at radius 1 is 1.00 bits per heavy atom. The predicted octanol–water partition coefficient (Wildman–Crippen LogP) is 3.32. The molecule has 1 aliphatic heterocycles. The number of rotatable bonds is 7. The molecule has 1 aromatic heterocycles. The lowest BCUT2D eigenvalue weighted by Gasteiger charge is -2.20. The number of carbonyl (C=O) groups excluding carboxylic acids is 1. The van der Waals surface area contributed by atoms with Crippen LogP contribution in [0.25, 0.3) is 0 Å². The number of aryl methyl sites for hydroxylation is 1. The van der Waals surface area contributed by atoms with Crippen LogP contribution in [0.4, 0.5) is 0 Å². The molecular formula is C21H26N2O4S. The van der Waals surface area contributed by atoms with Crippen LogP contribution in [0.3, 0.4) is 0 Å². The normalized spacial score (nSPS) is 15.7. The van der Waals surface area contributed by atoms with Gasteiger partial charge in [-0.05, 0) is 49.1 Å². The first-order valence-electron chi connectivity index (χ1n) is 9.70. The van der Waals surface area contributed by atoms with Gasteiger partial charge in [-0.2, -0.15) is 4.31 Å². The number of benzene rings is 1. The SMILES string of the molecule is O=C(CCc1ccc(S(=O)(=O)N2CCCCCC2)cc1)OCc1ccccn1. The highest BCUT2D eigenvalue weighted by Gasteiger charge is 2.24. The maximum Gasteiger partial charge on any atom is 0.306 e. The van der Waals surface area contributed by atoms with E-state index < -0.39 is 10.0 Å². The highest BCUT2D eigenvalue weighted by Crippen LogP contribution is 2.21. The largest absolute Gasteiger partial charge is 0.459 e. The van der Waals surface area contributed by atoms with Crippen LogP contribution in [-0.2, 0) is 32.6 Å². The molecule has 0 amide bonds. The second-order valence-corrected chi connectivity index (χ2v) is 8.88. The van der Waals surface area contributed by atoms with Gasteiger partial charge in [-0.25, -0.2) is 8.42 Å². The minimum atomic E-state index is -3.44. The van der Waals surface area contributed by atoms with Gasteiger partial charge in [0.15, 0.2) is 0 Å². The van der Waals surface area contributed by atoms with Gasteiger partial charge in [0.1, 0.15) is 6.61 Å². The van der Waals surface area contributed by atoms with Crippen molar-refractivity contribution in [1.82, 2.24) is 9.29 Å². The van der Waals surface area contributed by atoms with Crippen LogP contribution >= 0.6 is 0 Å². The van der Waals surface area contributed by atoms with E-state index >= 15 is 0 Å². The lowest BCUT2D eigenvalue weighted by molar-refractivity contribution is -0.145. The zero-order valence-electron chi connectivity index (χ0n) is 15.9. The van der Waals surface area contributed by atoms with Gasteiger partial charge in [0.05, 0.1) is 10.6 Å². The van der Waals surface area contributed by atoms with E-state index in [0.29, 0.717) is 30.1 Å². The molecule has 0 aliphatic carbocycles. The summed E-state index contributed by atoms with van der Waals surface area (Å²) in [6.07, 6.45) is 6.40. The molecule has 0 atom stereocenters. The van der Waals surface area contributed by atoms with Crippen molar-refractivity contribution in [3.05, 3.63) is 59.9 Å². The standard InChI is InChI=1S/C21H26N2O4S/c24-21(27-17-19-7-3-4-14-22-19)13-10-18-8-11-20(12-9-18)28(25,26)23-15-5-1-2-6-16-23/h3-4,7-9,11-12,14H,1-2,5-6,10,13,15-17H2. The van der Waals surface area contributed by atoms with Crippen LogP contribution in [0.5, 0.6) is 0 Å².